The van der Waals surface area contributed by atoms with E-state index in [0.29, 0.717) is 10.7 Å². The van der Waals surface area contributed by atoms with E-state index < -0.39 is 0 Å². The van der Waals surface area contributed by atoms with E-state index in [1.54, 1.807) is 27.2 Å². The SMILES string of the molecule is CC(c1ccc2c(c1)OCO2)N1CCC(Nc2c(C(=O)N(C)C)c(=O)n(C)c3ccc(Cl)cc23)CC1. The third kappa shape index (κ3) is 4.40. The molecular formula is C27H31ClN4O4. The Labute approximate surface area is 215 Å². The largest absolute Gasteiger partial charge is 0.454 e. The molecule has 1 fully saturated rings. The van der Waals surface area contributed by atoms with Crippen LogP contribution in [0.25, 0.3) is 10.9 Å². The summed E-state index contributed by atoms with van der Waals surface area (Å²) in [5.74, 6) is 1.26. The van der Waals surface area contributed by atoms with Crippen LogP contribution in [0.1, 0.15) is 41.7 Å². The van der Waals surface area contributed by atoms with Crippen LogP contribution in [-0.4, -0.2) is 60.3 Å². The van der Waals surface area contributed by atoms with Crippen LogP contribution in [0.15, 0.2) is 41.2 Å². The number of anilines is 1. The smallest absolute Gasteiger partial charge is 0.265 e. The second-order valence-electron chi connectivity index (χ2n) is 9.72. The van der Waals surface area contributed by atoms with Crippen molar-refractivity contribution in [2.45, 2.75) is 31.8 Å². The minimum atomic E-state index is -0.325. The number of carbonyl (C=O) groups is 1. The molecular weight excluding hydrogens is 480 g/mol. The van der Waals surface area contributed by atoms with Crippen molar-refractivity contribution in [2.75, 3.05) is 39.3 Å². The Kier molecular flexibility index (Phi) is 6.57. The van der Waals surface area contributed by atoms with Crippen LogP contribution < -0.4 is 20.3 Å². The number of aromatic nitrogens is 1. The van der Waals surface area contributed by atoms with Gasteiger partial charge < -0.3 is 24.3 Å². The van der Waals surface area contributed by atoms with Gasteiger partial charge in [-0.2, -0.15) is 0 Å². The molecule has 1 unspecified atom stereocenters. The number of piperidine rings is 1. The molecule has 1 saturated heterocycles. The third-order valence-electron chi connectivity index (χ3n) is 7.28. The minimum absolute atomic E-state index is 0.119. The zero-order valence-corrected chi connectivity index (χ0v) is 21.8. The fourth-order valence-corrected chi connectivity index (χ4v) is 5.28. The molecule has 1 amide bonds. The minimum Gasteiger partial charge on any atom is -0.454 e. The van der Waals surface area contributed by atoms with Gasteiger partial charge in [-0.15, -0.1) is 0 Å². The van der Waals surface area contributed by atoms with Crippen molar-refractivity contribution >= 4 is 34.1 Å². The number of benzene rings is 2. The lowest BCUT2D eigenvalue weighted by atomic mass is 9.98. The molecule has 3 aromatic rings. The molecule has 0 saturated carbocycles. The molecule has 2 aliphatic rings. The van der Waals surface area contributed by atoms with Gasteiger partial charge in [-0.05, 0) is 55.7 Å². The van der Waals surface area contributed by atoms with Crippen LogP contribution in [0.4, 0.5) is 5.69 Å². The van der Waals surface area contributed by atoms with E-state index in [0.717, 1.165) is 48.3 Å². The molecule has 0 radical (unpaired) electrons. The predicted octanol–water partition coefficient (Wildman–Crippen LogP) is 4.26. The number of hydrogen-bond acceptors (Lipinski definition) is 6. The van der Waals surface area contributed by atoms with Crippen molar-refractivity contribution in [3.63, 3.8) is 0 Å². The first-order valence-electron chi connectivity index (χ1n) is 12.2. The molecule has 3 heterocycles. The van der Waals surface area contributed by atoms with Crippen LogP contribution in [-0.2, 0) is 7.05 Å². The highest BCUT2D eigenvalue weighted by atomic mass is 35.5. The number of likely N-dealkylation sites (tertiary alicyclic amines) is 1. The van der Waals surface area contributed by atoms with E-state index in [1.165, 1.54) is 15.0 Å². The summed E-state index contributed by atoms with van der Waals surface area (Å²) in [4.78, 5) is 30.3. The Morgan fingerprint density at radius 3 is 2.56 bits per heavy atom. The molecule has 0 aliphatic carbocycles. The van der Waals surface area contributed by atoms with E-state index in [2.05, 4.69) is 29.3 Å². The second-order valence-corrected chi connectivity index (χ2v) is 10.2. The topological polar surface area (TPSA) is 76.0 Å². The number of rotatable bonds is 5. The van der Waals surface area contributed by atoms with Crippen molar-refractivity contribution in [1.29, 1.82) is 0 Å². The fourth-order valence-electron chi connectivity index (χ4n) is 5.11. The van der Waals surface area contributed by atoms with E-state index in [-0.39, 0.29) is 35.9 Å². The lowest BCUT2D eigenvalue weighted by Gasteiger charge is -2.37. The summed E-state index contributed by atoms with van der Waals surface area (Å²) >= 11 is 6.33. The molecule has 36 heavy (non-hydrogen) atoms. The van der Waals surface area contributed by atoms with E-state index in [9.17, 15) is 9.59 Å². The van der Waals surface area contributed by atoms with Crippen molar-refractivity contribution in [3.05, 3.63) is 62.9 Å². The highest BCUT2D eigenvalue weighted by Crippen LogP contribution is 2.36. The normalized spacial score (nSPS) is 16.8. The molecule has 8 nitrogen and oxygen atoms in total. The molecule has 5 rings (SSSR count). The van der Waals surface area contributed by atoms with E-state index >= 15 is 0 Å². The van der Waals surface area contributed by atoms with Crippen LogP contribution in [0.5, 0.6) is 11.5 Å². The monoisotopic (exact) mass is 510 g/mol. The first-order valence-corrected chi connectivity index (χ1v) is 12.6. The maximum Gasteiger partial charge on any atom is 0.265 e. The van der Waals surface area contributed by atoms with E-state index in [1.807, 2.05) is 18.2 Å². The Balaban J connectivity index is 1.39. The Morgan fingerprint density at radius 1 is 1.11 bits per heavy atom. The highest BCUT2D eigenvalue weighted by Gasteiger charge is 2.28. The summed E-state index contributed by atoms with van der Waals surface area (Å²) < 4.78 is 12.5. The average Bonchev–Trinajstić information content (AvgIpc) is 3.35. The summed E-state index contributed by atoms with van der Waals surface area (Å²) in [6, 6.07) is 11.9. The van der Waals surface area contributed by atoms with Crippen LogP contribution in [0.2, 0.25) is 5.02 Å². The number of amides is 1. The molecule has 1 aromatic heterocycles. The number of fused-ring (bicyclic) bond motifs is 2. The summed E-state index contributed by atoms with van der Waals surface area (Å²) in [6.07, 6.45) is 1.75. The van der Waals surface area contributed by atoms with Gasteiger partial charge in [-0.3, -0.25) is 14.5 Å². The fraction of sp³-hybridized carbons (Fsp3) is 0.407. The van der Waals surface area contributed by atoms with Crippen molar-refractivity contribution in [3.8, 4) is 11.5 Å². The zero-order chi connectivity index (χ0) is 25.6. The second kappa shape index (κ2) is 9.67. The Bertz CT molecular complexity index is 1380. The van der Waals surface area contributed by atoms with Gasteiger partial charge in [0.15, 0.2) is 11.5 Å². The average molecular weight is 511 g/mol. The Morgan fingerprint density at radius 2 is 1.83 bits per heavy atom. The number of ether oxygens (including phenoxy) is 2. The van der Waals surface area contributed by atoms with Gasteiger partial charge in [-0.25, -0.2) is 0 Å². The summed E-state index contributed by atoms with van der Waals surface area (Å²) in [6.45, 7) is 4.24. The quantitative estimate of drug-likeness (QED) is 0.553. The lowest BCUT2D eigenvalue weighted by Crippen LogP contribution is -2.41. The Hall–Kier alpha value is -3.23. The standard InChI is InChI=1S/C27H31ClN4O4/c1-16(17-5-8-22-23(13-17)36-15-35-22)32-11-9-19(10-12-32)29-25-20-14-18(28)6-7-21(20)31(4)27(34)24(25)26(33)30(2)3/h5-8,13-14,16,19,29H,9-12,15H2,1-4H3. The summed E-state index contributed by atoms with van der Waals surface area (Å²) in [7, 11) is 5.00. The lowest BCUT2D eigenvalue weighted by molar-refractivity contribution is 0.0826. The number of nitrogens with one attached hydrogen (secondary N) is 1. The molecule has 2 aliphatic heterocycles. The number of pyridine rings is 1. The van der Waals surface area contributed by atoms with Crippen molar-refractivity contribution < 1.29 is 14.3 Å². The molecule has 2 aromatic carbocycles. The van der Waals surface area contributed by atoms with Crippen LogP contribution >= 0.6 is 11.6 Å². The van der Waals surface area contributed by atoms with Crippen molar-refractivity contribution in [1.82, 2.24) is 14.4 Å². The zero-order valence-electron chi connectivity index (χ0n) is 21.0. The summed E-state index contributed by atoms with van der Waals surface area (Å²) in [5, 5.41) is 4.90. The van der Waals surface area contributed by atoms with Crippen LogP contribution in [0.3, 0.4) is 0 Å². The molecule has 1 atom stereocenters. The molecule has 9 heteroatoms. The third-order valence-corrected chi connectivity index (χ3v) is 7.52. The van der Waals surface area contributed by atoms with E-state index in [4.69, 9.17) is 21.1 Å². The van der Waals surface area contributed by atoms with Crippen LogP contribution in [0, 0.1) is 0 Å². The molecule has 0 bridgehead atoms. The molecule has 1 N–H and O–H groups in total. The van der Waals surface area contributed by atoms with Gasteiger partial charge in [0.2, 0.25) is 6.79 Å². The highest BCUT2D eigenvalue weighted by molar-refractivity contribution is 6.31. The molecule has 0 spiro atoms. The van der Waals surface area contributed by atoms with Gasteiger partial charge in [0.25, 0.3) is 11.5 Å². The number of nitrogens with zero attached hydrogens (tertiary/aromatic N) is 3. The van der Waals surface area contributed by atoms with Gasteiger partial charge in [-0.1, -0.05) is 17.7 Å². The predicted molar refractivity (Wildman–Crippen MR) is 141 cm³/mol. The maximum atomic E-state index is 13.3. The van der Waals surface area contributed by atoms with Gasteiger partial charge >= 0.3 is 0 Å². The van der Waals surface area contributed by atoms with Gasteiger partial charge in [0.1, 0.15) is 5.56 Å². The number of halogens is 1. The molecule has 190 valence electrons. The maximum absolute atomic E-state index is 13.3. The van der Waals surface area contributed by atoms with Gasteiger partial charge in [0, 0.05) is 56.7 Å². The number of carbonyl (C=O) groups excluding carboxylic acids is 1. The first kappa shape index (κ1) is 24.5. The number of hydrogen-bond donors (Lipinski definition) is 1. The van der Waals surface area contributed by atoms with Gasteiger partial charge in [0.05, 0.1) is 11.2 Å². The van der Waals surface area contributed by atoms with Crippen molar-refractivity contribution in [2.24, 2.45) is 7.05 Å². The number of aryl methyl sites for hydroxylation is 1. The summed E-state index contributed by atoms with van der Waals surface area (Å²) in [5.41, 5.74) is 2.32. The first-order chi connectivity index (χ1) is 17.2.